The standard InChI is InChI=1S/C35H38N2O4/c1-5-26-11-19-32(20-12-26)40-24(3)34(38)36-30-15-7-28(8-16-30)23-29-9-17-31(18-10-29)37-35(39)25(4)41-33-21-13-27(6-2)14-22-33/h7-22,24-25H,5-6,23H2,1-4H3,(H,36,38)(H,37,39). The van der Waals surface area contributed by atoms with Crippen molar-refractivity contribution < 1.29 is 19.1 Å². The molecule has 4 aromatic carbocycles. The monoisotopic (exact) mass is 550 g/mol. The van der Waals surface area contributed by atoms with Gasteiger partial charge in [0, 0.05) is 11.4 Å². The van der Waals surface area contributed by atoms with Crippen molar-refractivity contribution in [3.8, 4) is 11.5 Å². The minimum absolute atomic E-state index is 0.205. The van der Waals surface area contributed by atoms with E-state index in [1.807, 2.05) is 97.1 Å². The Morgan fingerprint density at radius 2 is 0.854 bits per heavy atom. The van der Waals surface area contributed by atoms with Crippen molar-refractivity contribution in [2.75, 3.05) is 10.6 Å². The van der Waals surface area contributed by atoms with Crippen LogP contribution in [-0.4, -0.2) is 24.0 Å². The zero-order valence-electron chi connectivity index (χ0n) is 24.1. The maximum absolute atomic E-state index is 12.6. The Labute approximate surface area is 242 Å². The van der Waals surface area contributed by atoms with Gasteiger partial charge in [0.2, 0.25) is 0 Å². The van der Waals surface area contributed by atoms with Crippen molar-refractivity contribution in [3.05, 3.63) is 119 Å². The molecule has 4 aromatic rings. The number of benzene rings is 4. The molecule has 0 aromatic heterocycles. The van der Waals surface area contributed by atoms with Crippen LogP contribution >= 0.6 is 0 Å². The number of hydrogen-bond donors (Lipinski definition) is 2. The second-order valence-corrected chi connectivity index (χ2v) is 10.1. The number of rotatable bonds is 12. The normalized spacial score (nSPS) is 12.2. The summed E-state index contributed by atoms with van der Waals surface area (Å²) in [5.41, 5.74) is 6.09. The van der Waals surface area contributed by atoms with Gasteiger partial charge >= 0.3 is 0 Å². The van der Waals surface area contributed by atoms with Crippen LogP contribution in [0.4, 0.5) is 11.4 Å². The van der Waals surface area contributed by atoms with Crippen molar-refractivity contribution in [2.24, 2.45) is 0 Å². The fourth-order valence-electron chi connectivity index (χ4n) is 4.26. The van der Waals surface area contributed by atoms with Gasteiger partial charge in [0.25, 0.3) is 11.8 Å². The van der Waals surface area contributed by atoms with Crippen LogP contribution in [0.5, 0.6) is 11.5 Å². The Morgan fingerprint density at radius 1 is 0.537 bits per heavy atom. The summed E-state index contributed by atoms with van der Waals surface area (Å²) in [4.78, 5) is 25.2. The van der Waals surface area contributed by atoms with E-state index < -0.39 is 12.2 Å². The Balaban J connectivity index is 1.24. The van der Waals surface area contributed by atoms with E-state index in [1.165, 1.54) is 11.1 Å². The second-order valence-electron chi connectivity index (χ2n) is 10.1. The third kappa shape index (κ3) is 8.70. The highest BCUT2D eigenvalue weighted by atomic mass is 16.5. The van der Waals surface area contributed by atoms with Gasteiger partial charge in [-0.15, -0.1) is 0 Å². The molecule has 0 bridgehead atoms. The number of hydrogen-bond acceptors (Lipinski definition) is 4. The molecule has 41 heavy (non-hydrogen) atoms. The van der Waals surface area contributed by atoms with Gasteiger partial charge in [-0.05, 0) is 104 Å². The molecule has 0 radical (unpaired) electrons. The summed E-state index contributed by atoms with van der Waals surface area (Å²) in [6.07, 6.45) is 1.40. The van der Waals surface area contributed by atoms with E-state index in [9.17, 15) is 9.59 Å². The fraction of sp³-hybridized carbons (Fsp3) is 0.257. The molecular weight excluding hydrogens is 512 g/mol. The third-order valence-corrected chi connectivity index (χ3v) is 6.88. The maximum Gasteiger partial charge on any atom is 0.265 e. The van der Waals surface area contributed by atoms with E-state index in [-0.39, 0.29) is 11.8 Å². The Bertz CT molecular complexity index is 1300. The molecule has 2 N–H and O–H groups in total. The molecule has 0 fully saturated rings. The van der Waals surface area contributed by atoms with E-state index in [2.05, 4.69) is 24.5 Å². The molecular formula is C35H38N2O4. The van der Waals surface area contributed by atoms with E-state index in [4.69, 9.17) is 9.47 Å². The van der Waals surface area contributed by atoms with Crippen LogP contribution in [0.1, 0.15) is 49.9 Å². The van der Waals surface area contributed by atoms with Crippen LogP contribution < -0.4 is 20.1 Å². The summed E-state index contributed by atoms with van der Waals surface area (Å²) in [7, 11) is 0. The van der Waals surface area contributed by atoms with Crippen LogP contribution in [0, 0.1) is 0 Å². The van der Waals surface area contributed by atoms with Crippen molar-refractivity contribution in [2.45, 2.75) is 59.2 Å². The van der Waals surface area contributed by atoms with Crippen molar-refractivity contribution in [1.29, 1.82) is 0 Å². The van der Waals surface area contributed by atoms with Crippen LogP contribution in [0.25, 0.3) is 0 Å². The minimum Gasteiger partial charge on any atom is -0.481 e. The first-order valence-electron chi connectivity index (χ1n) is 14.1. The molecule has 212 valence electrons. The highest BCUT2D eigenvalue weighted by Gasteiger charge is 2.16. The van der Waals surface area contributed by atoms with Gasteiger partial charge in [0.15, 0.2) is 12.2 Å². The summed E-state index contributed by atoms with van der Waals surface area (Å²) >= 11 is 0. The minimum atomic E-state index is -0.622. The van der Waals surface area contributed by atoms with E-state index in [1.54, 1.807) is 13.8 Å². The Kier molecular flexibility index (Phi) is 10.2. The first kappa shape index (κ1) is 29.4. The summed E-state index contributed by atoms with van der Waals surface area (Å²) in [5, 5.41) is 5.83. The van der Waals surface area contributed by atoms with Gasteiger partial charge in [-0.2, -0.15) is 0 Å². The van der Waals surface area contributed by atoms with E-state index >= 15 is 0 Å². The highest BCUT2D eigenvalue weighted by Crippen LogP contribution is 2.19. The Hall–Kier alpha value is -4.58. The predicted octanol–water partition coefficient (Wildman–Crippen LogP) is 7.21. The molecule has 6 heteroatoms. The van der Waals surface area contributed by atoms with Crippen molar-refractivity contribution in [3.63, 3.8) is 0 Å². The molecule has 2 amide bonds. The van der Waals surface area contributed by atoms with E-state index in [0.29, 0.717) is 22.9 Å². The van der Waals surface area contributed by atoms with Gasteiger partial charge in [0.05, 0.1) is 0 Å². The fourth-order valence-corrected chi connectivity index (χ4v) is 4.26. The van der Waals surface area contributed by atoms with Crippen molar-refractivity contribution in [1.82, 2.24) is 0 Å². The second kappa shape index (κ2) is 14.2. The molecule has 0 aliphatic carbocycles. The van der Waals surface area contributed by atoms with E-state index in [0.717, 1.165) is 30.4 Å². The summed E-state index contributed by atoms with van der Waals surface area (Å²) in [6, 6.07) is 31.1. The average Bonchev–Trinajstić information content (AvgIpc) is 2.99. The smallest absolute Gasteiger partial charge is 0.265 e. The lowest BCUT2D eigenvalue weighted by Gasteiger charge is -2.15. The molecule has 0 aliphatic heterocycles. The highest BCUT2D eigenvalue weighted by molar-refractivity contribution is 5.94. The summed E-state index contributed by atoms with van der Waals surface area (Å²) < 4.78 is 11.6. The molecule has 0 saturated carbocycles. The van der Waals surface area contributed by atoms with Crippen LogP contribution in [0.2, 0.25) is 0 Å². The van der Waals surface area contributed by atoms with Crippen LogP contribution in [-0.2, 0) is 28.9 Å². The lowest BCUT2D eigenvalue weighted by molar-refractivity contribution is -0.122. The zero-order valence-corrected chi connectivity index (χ0v) is 24.1. The predicted molar refractivity (Wildman–Crippen MR) is 165 cm³/mol. The Morgan fingerprint density at radius 3 is 1.17 bits per heavy atom. The number of aryl methyl sites for hydroxylation is 2. The van der Waals surface area contributed by atoms with Crippen LogP contribution in [0.15, 0.2) is 97.1 Å². The van der Waals surface area contributed by atoms with Crippen molar-refractivity contribution >= 4 is 23.2 Å². The molecule has 2 atom stereocenters. The first-order chi connectivity index (χ1) is 19.8. The lowest BCUT2D eigenvalue weighted by Crippen LogP contribution is -2.30. The molecule has 0 saturated heterocycles. The quantitative estimate of drug-likeness (QED) is 0.195. The number of amides is 2. The number of ether oxygens (including phenoxy) is 2. The zero-order chi connectivity index (χ0) is 29.2. The van der Waals surface area contributed by atoms with Gasteiger partial charge in [0.1, 0.15) is 11.5 Å². The van der Waals surface area contributed by atoms with Gasteiger partial charge in [-0.1, -0.05) is 62.4 Å². The largest absolute Gasteiger partial charge is 0.481 e. The van der Waals surface area contributed by atoms with Crippen LogP contribution in [0.3, 0.4) is 0 Å². The average molecular weight is 551 g/mol. The first-order valence-corrected chi connectivity index (χ1v) is 14.1. The number of carbonyl (C=O) groups excluding carboxylic acids is 2. The van der Waals surface area contributed by atoms with Gasteiger partial charge in [-0.3, -0.25) is 9.59 Å². The summed E-state index contributed by atoms with van der Waals surface area (Å²) in [6.45, 7) is 7.67. The SMILES string of the molecule is CCc1ccc(OC(C)C(=O)Nc2ccc(Cc3ccc(NC(=O)C(C)Oc4ccc(CC)cc4)cc3)cc2)cc1. The molecule has 0 heterocycles. The number of carbonyl (C=O) groups is 2. The third-order valence-electron chi connectivity index (χ3n) is 6.88. The molecule has 2 unspecified atom stereocenters. The molecule has 0 spiro atoms. The summed E-state index contributed by atoms with van der Waals surface area (Å²) in [5.74, 6) is 0.936. The maximum atomic E-state index is 12.6. The molecule has 6 nitrogen and oxygen atoms in total. The topological polar surface area (TPSA) is 76.7 Å². The lowest BCUT2D eigenvalue weighted by atomic mass is 10.0. The number of nitrogens with one attached hydrogen (secondary N) is 2. The number of anilines is 2. The molecule has 0 aliphatic rings. The molecule has 4 rings (SSSR count). The van der Waals surface area contributed by atoms with Gasteiger partial charge < -0.3 is 20.1 Å². The van der Waals surface area contributed by atoms with Gasteiger partial charge in [-0.25, -0.2) is 0 Å².